The van der Waals surface area contributed by atoms with Gasteiger partial charge in [0.1, 0.15) is 5.75 Å². The van der Waals surface area contributed by atoms with Crippen molar-refractivity contribution in [2.24, 2.45) is 0 Å². The van der Waals surface area contributed by atoms with Gasteiger partial charge in [-0.3, -0.25) is 9.59 Å². The average molecular weight is 435 g/mol. The summed E-state index contributed by atoms with van der Waals surface area (Å²) < 4.78 is 21.4. The monoisotopic (exact) mass is 435 g/mol. The Hall–Kier alpha value is -4.00. The number of hydrogen-bond donors (Lipinski definition) is 1. The maximum Gasteiger partial charge on any atom is 0.306 e. The van der Waals surface area contributed by atoms with E-state index in [9.17, 15) is 9.59 Å². The lowest BCUT2D eigenvalue weighted by molar-refractivity contribution is -0.147. The van der Waals surface area contributed by atoms with Gasteiger partial charge >= 0.3 is 5.97 Å². The average Bonchev–Trinajstić information content (AvgIpc) is 2.83. The summed E-state index contributed by atoms with van der Waals surface area (Å²) in [6.07, 6.45) is 0.588. The van der Waals surface area contributed by atoms with Crippen molar-refractivity contribution in [3.8, 4) is 23.0 Å². The molecule has 0 aromatic heterocycles. The maximum absolute atomic E-state index is 12.3. The van der Waals surface area contributed by atoms with Gasteiger partial charge in [0.05, 0.1) is 19.9 Å². The van der Waals surface area contributed by atoms with Crippen molar-refractivity contribution in [2.75, 3.05) is 26.1 Å². The fraction of sp³-hybridized carbons (Fsp3) is 0.200. The molecule has 166 valence electrons. The Labute approximate surface area is 186 Å². The third-order valence-electron chi connectivity index (χ3n) is 4.56. The number of aryl methyl sites for hydroxylation is 1. The van der Waals surface area contributed by atoms with Gasteiger partial charge in [0.25, 0.3) is 5.91 Å². The number of anilines is 1. The largest absolute Gasteiger partial charge is 0.493 e. The topological polar surface area (TPSA) is 83.1 Å². The van der Waals surface area contributed by atoms with Gasteiger partial charge in [-0.15, -0.1) is 0 Å². The molecule has 0 fully saturated rings. The summed E-state index contributed by atoms with van der Waals surface area (Å²) >= 11 is 0. The molecule has 0 bridgehead atoms. The number of ether oxygens (including phenoxy) is 4. The van der Waals surface area contributed by atoms with Crippen LogP contribution >= 0.6 is 0 Å². The van der Waals surface area contributed by atoms with Crippen LogP contribution in [0.4, 0.5) is 5.69 Å². The van der Waals surface area contributed by atoms with Gasteiger partial charge in [-0.1, -0.05) is 36.4 Å². The summed E-state index contributed by atoms with van der Waals surface area (Å²) in [4.78, 5) is 24.4. The van der Waals surface area contributed by atoms with Gasteiger partial charge in [0.15, 0.2) is 23.9 Å². The highest BCUT2D eigenvalue weighted by Crippen LogP contribution is 2.29. The molecule has 0 aliphatic rings. The fourth-order valence-electron chi connectivity index (χ4n) is 2.96. The highest BCUT2D eigenvalue weighted by molar-refractivity contribution is 5.94. The van der Waals surface area contributed by atoms with E-state index < -0.39 is 11.9 Å². The van der Waals surface area contributed by atoms with E-state index in [0.29, 0.717) is 35.1 Å². The first-order valence-corrected chi connectivity index (χ1v) is 10.1. The summed E-state index contributed by atoms with van der Waals surface area (Å²) in [6, 6.07) is 21.7. The second kappa shape index (κ2) is 11.4. The number of carbonyl (C=O) groups excluding carboxylic acids is 2. The molecule has 0 unspecified atom stereocenters. The minimum Gasteiger partial charge on any atom is -0.493 e. The number of methoxy groups -OCH3 is 2. The predicted molar refractivity (Wildman–Crippen MR) is 120 cm³/mol. The number of amides is 1. The van der Waals surface area contributed by atoms with Crippen LogP contribution in [0.1, 0.15) is 12.0 Å². The van der Waals surface area contributed by atoms with Crippen molar-refractivity contribution < 1.29 is 28.5 Å². The van der Waals surface area contributed by atoms with E-state index in [2.05, 4.69) is 5.32 Å². The SMILES string of the molecule is COc1ccc(CCC(=O)OCC(=O)Nc2ccccc2Oc2ccccc2)cc1OC. The minimum atomic E-state index is -0.469. The molecule has 3 aromatic rings. The molecule has 3 rings (SSSR count). The van der Waals surface area contributed by atoms with Gasteiger partial charge in [0, 0.05) is 6.42 Å². The van der Waals surface area contributed by atoms with Crippen LogP contribution in [0.5, 0.6) is 23.0 Å². The number of para-hydroxylation sites is 3. The van der Waals surface area contributed by atoms with Gasteiger partial charge in [-0.05, 0) is 48.4 Å². The van der Waals surface area contributed by atoms with E-state index in [1.165, 1.54) is 0 Å². The number of benzene rings is 3. The highest BCUT2D eigenvalue weighted by atomic mass is 16.5. The van der Waals surface area contributed by atoms with Gasteiger partial charge in [0.2, 0.25) is 0 Å². The molecule has 32 heavy (non-hydrogen) atoms. The first-order chi connectivity index (χ1) is 15.6. The third-order valence-corrected chi connectivity index (χ3v) is 4.56. The van der Waals surface area contributed by atoms with Crippen molar-refractivity contribution in [1.82, 2.24) is 0 Å². The number of hydrogen-bond acceptors (Lipinski definition) is 6. The lowest BCUT2D eigenvalue weighted by atomic mass is 10.1. The molecule has 0 saturated heterocycles. The fourth-order valence-corrected chi connectivity index (χ4v) is 2.96. The molecule has 0 aliphatic carbocycles. The van der Waals surface area contributed by atoms with E-state index in [1.807, 2.05) is 48.5 Å². The summed E-state index contributed by atoms with van der Waals surface area (Å²) in [6.45, 7) is -0.384. The second-order valence-electron chi connectivity index (χ2n) is 6.81. The predicted octanol–water partition coefficient (Wildman–Crippen LogP) is 4.61. The van der Waals surface area contributed by atoms with Crippen LogP contribution in [0.25, 0.3) is 0 Å². The van der Waals surface area contributed by atoms with Crippen LogP contribution < -0.4 is 19.5 Å². The van der Waals surface area contributed by atoms with E-state index in [1.54, 1.807) is 38.5 Å². The molecule has 0 heterocycles. The minimum absolute atomic E-state index is 0.135. The number of nitrogens with one attached hydrogen (secondary N) is 1. The Morgan fingerprint density at radius 2 is 1.53 bits per heavy atom. The molecule has 0 atom stereocenters. The Kier molecular flexibility index (Phi) is 8.09. The molecule has 1 amide bonds. The lowest BCUT2D eigenvalue weighted by Gasteiger charge is -2.12. The summed E-state index contributed by atoms with van der Waals surface area (Å²) in [5, 5.41) is 2.72. The van der Waals surface area contributed by atoms with Crippen molar-refractivity contribution in [1.29, 1.82) is 0 Å². The second-order valence-corrected chi connectivity index (χ2v) is 6.81. The van der Waals surface area contributed by atoms with Gasteiger partial charge in [-0.25, -0.2) is 0 Å². The van der Waals surface area contributed by atoms with Gasteiger partial charge in [-0.2, -0.15) is 0 Å². The van der Waals surface area contributed by atoms with E-state index in [-0.39, 0.29) is 13.0 Å². The first kappa shape index (κ1) is 22.7. The number of esters is 1. The van der Waals surface area contributed by atoms with E-state index >= 15 is 0 Å². The maximum atomic E-state index is 12.3. The van der Waals surface area contributed by atoms with Crippen LogP contribution in [-0.4, -0.2) is 32.7 Å². The Bertz CT molecular complexity index is 1050. The van der Waals surface area contributed by atoms with E-state index in [4.69, 9.17) is 18.9 Å². The number of rotatable bonds is 10. The van der Waals surface area contributed by atoms with E-state index in [0.717, 1.165) is 5.56 Å². The van der Waals surface area contributed by atoms with Crippen LogP contribution in [0.15, 0.2) is 72.8 Å². The normalized spacial score (nSPS) is 10.2. The van der Waals surface area contributed by atoms with Crippen LogP contribution in [0, 0.1) is 0 Å². The zero-order valence-corrected chi connectivity index (χ0v) is 18.0. The molecule has 7 nitrogen and oxygen atoms in total. The summed E-state index contributed by atoms with van der Waals surface area (Å²) in [5.41, 5.74) is 1.39. The molecule has 7 heteroatoms. The van der Waals surface area contributed by atoms with Gasteiger partial charge < -0.3 is 24.3 Å². The Morgan fingerprint density at radius 1 is 0.812 bits per heavy atom. The molecule has 0 saturated carbocycles. The van der Waals surface area contributed by atoms with Crippen molar-refractivity contribution in [3.63, 3.8) is 0 Å². The zero-order chi connectivity index (χ0) is 22.8. The molecule has 0 spiro atoms. The molecule has 0 radical (unpaired) electrons. The van der Waals surface area contributed by atoms with Crippen LogP contribution in [-0.2, 0) is 20.7 Å². The molecule has 1 N–H and O–H groups in total. The smallest absolute Gasteiger partial charge is 0.306 e. The van der Waals surface area contributed by atoms with Crippen LogP contribution in [0.2, 0.25) is 0 Å². The summed E-state index contributed by atoms with van der Waals surface area (Å²) in [7, 11) is 3.11. The Morgan fingerprint density at radius 3 is 2.28 bits per heavy atom. The molecular weight excluding hydrogens is 410 g/mol. The summed E-state index contributed by atoms with van der Waals surface area (Å²) in [5.74, 6) is 1.43. The highest BCUT2D eigenvalue weighted by Gasteiger charge is 2.12. The first-order valence-electron chi connectivity index (χ1n) is 10.1. The molecule has 3 aromatic carbocycles. The van der Waals surface area contributed by atoms with Crippen LogP contribution in [0.3, 0.4) is 0 Å². The molecular formula is C25H25NO6. The Balaban J connectivity index is 1.48. The number of carbonyl (C=O) groups is 2. The van der Waals surface area contributed by atoms with Crippen molar-refractivity contribution in [2.45, 2.75) is 12.8 Å². The standard InChI is InChI=1S/C25H25NO6/c1-29-22-14-12-18(16-23(22)30-2)13-15-25(28)31-17-24(27)26-20-10-6-7-11-21(20)32-19-8-4-3-5-9-19/h3-12,14,16H,13,15,17H2,1-2H3,(H,26,27). The quantitative estimate of drug-likeness (QED) is 0.468. The lowest BCUT2D eigenvalue weighted by Crippen LogP contribution is -2.21. The molecule has 0 aliphatic heterocycles. The third kappa shape index (κ3) is 6.50. The van der Waals surface area contributed by atoms with Crippen molar-refractivity contribution in [3.05, 3.63) is 78.4 Å². The van der Waals surface area contributed by atoms with Crippen molar-refractivity contribution >= 4 is 17.6 Å². The zero-order valence-electron chi connectivity index (χ0n) is 18.0.